The van der Waals surface area contributed by atoms with E-state index in [1.165, 1.54) is 23.3 Å². The van der Waals surface area contributed by atoms with E-state index in [0.29, 0.717) is 0 Å². The van der Waals surface area contributed by atoms with Crippen LogP contribution in [0, 0.1) is 0 Å². The maximum absolute atomic E-state index is 9.53. The molecule has 0 radical (unpaired) electrons. The molecule has 0 aliphatic heterocycles. The second-order valence-electron chi connectivity index (χ2n) is 1.55. The van der Waals surface area contributed by atoms with Gasteiger partial charge in [0.1, 0.15) is 0 Å². The predicted molar refractivity (Wildman–Crippen MR) is 25.6 cm³/mol. The van der Waals surface area contributed by atoms with Crippen LogP contribution in [-0.2, 0) is 18.3 Å². The van der Waals surface area contributed by atoms with Gasteiger partial charge < -0.3 is 5.11 Å². The molecule has 7 heavy (non-hydrogen) atoms. The molecule has 0 saturated heterocycles. The second kappa shape index (κ2) is 9.77. The molecule has 0 aromatic heterocycles. The minimum absolute atomic E-state index is 0.417. The fourth-order valence-corrected chi connectivity index (χ4v) is 0. The zero-order valence-corrected chi connectivity index (χ0v) is 8.37. The van der Waals surface area contributed by atoms with Crippen LogP contribution in [0.5, 0.6) is 0 Å². The van der Waals surface area contributed by atoms with E-state index in [1.807, 2.05) is 0 Å². The van der Waals surface area contributed by atoms with Crippen molar-refractivity contribution in [3.8, 4) is 0 Å². The van der Waals surface area contributed by atoms with Crippen molar-refractivity contribution in [2.45, 2.75) is 31.9 Å². The van der Waals surface area contributed by atoms with Crippen molar-refractivity contribution in [3.05, 3.63) is 0 Å². The molecule has 0 aromatic carbocycles. The molecule has 0 rings (SSSR count). The Kier molecular flexibility index (Phi) is 14.7. The Morgan fingerprint density at radius 3 is 1.57 bits per heavy atom. The first kappa shape index (κ1) is 10.5. The first-order chi connectivity index (χ1) is 3.15. The third-order valence-corrected chi connectivity index (χ3v) is 0. The summed E-state index contributed by atoms with van der Waals surface area (Å²) in [5.74, 6) is 0. The second-order valence-corrected chi connectivity index (χ2v) is 3.65. The quantitative estimate of drug-likeness (QED) is 0.471. The summed E-state index contributed by atoms with van der Waals surface area (Å²) in [6.45, 7) is 5.40. The summed E-state index contributed by atoms with van der Waals surface area (Å²) in [6.07, 6.45) is -0.417. The van der Waals surface area contributed by atoms with Gasteiger partial charge in [-0.2, -0.15) is 0 Å². The van der Waals surface area contributed by atoms with Gasteiger partial charge in [-0.3, -0.25) is 0 Å². The standard InChI is InChI=1S/C3H7O.C2H5.Zn/c1-3(2)4;1-2;/h3H,1-2H3;1H2,2H3;/q-1;;+1. The Labute approximate surface area is 55.8 Å². The molecule has 0 bridgehead atoms. The van der Waals surface area contributed by atoms with Crippen LogP contribution in [0.15, 0.2) is 0 Å². The van der Waals surface area contributed by atoms with Crippen molar-refractivity contribution in [3.63, 3.8) is 0 Å². The molecule has 0 saturated carbocycles. The van der Waals surface area contributed by atoms with Crippen LogP contribution < -0.4 is 5.11 Å². The van der Waals surface area contributed by atoms with Gasteiger partial charge >= 0.3 is 30.2 Å². The molecular weight excluding hydrogens is 141 g/mol. The van der Waals surface area contributed by atoms with E-state index in [9.17, 15) is 5.11 Å². The van der Waals surface area contributed by atoms with Gasteiger partial charge in [-0.15, -0.1) is 6.10 Å². The minimum atomic E-state index is -0.417. The Hall–Kier alpha value is 0.583. The summed E-state index contributed by atoms with van der Waals surface area (Å²) >= 11 is 1.44. The summed E-state index contributed by atoms with van der Waals surface area (Å²) in [4.78, 5) is 0. The van der Waals surface area contributed by atoms with Gasteiger partial charge in [-0.1, -0.05) is 13.8 Å². The Morgan fingerprint density at radius 2 is 1.57 bits per heavy atom. The Morgan fingerprint density at radius 1 is 1.57 bits per heavy atom. The first-order valence-corrected chi connectivity index (χ1v) is 4.70. The van der Waals surface area contributed by atoms with Crippen molar-refractivity contribution in [1.29, 1.82) is 0 Å². The summed E-state index contributed by atoms with van der Waals surface area (Å²) < 4.78 is 0. The molecule has 0 unspecified atom stereocenters. The van der Waals surface area contributed by atoms with E-state index in [2.05, 4.69) is 6.92 Å². The third-order valence-electron chi connectivity index (χ3n) is 0. The first-order valence-electron chi connectivity index (χ1n) is 2.60. The van der Waals surface area contributed by atoms with Gasteiger partial charge in [0.15, 0.2) is 0 Å². The van der Waals surface area contributed by atoms with E-state index < -0.39 is 6.10 Å². The summed E-state index contributed by atoms with van der Waals surface area (Å²) in [5.41, 5.74) is 0. The van der Waals surface area contributed by atoms with E-state index in [-0.39, 0.29) is 0 Å². The van der Waals surface area contributed by atoms with Gasteiger partial charge in [0.05, 0.1) is 0 Å². The normalized spacial score (nSPS) is 7.86. The van der Waals surface area contributed by atoms with Crippen molar-refractivity contribution in [1.82, 2.24) is 0 Å². The molecule has 0 heterocycles. The average molecular weight is 154 g/mol. The Bertz CT molecular complexity index is 19.3. The molecule has 40 valence electrons. The number of rotatable bonds is 0. The summed E-state index contributed by atoms with van der Waals surface area (Å²) in [6, 6.07) is 0. The van der Waals surface area contributed by atoms with Gasteiger partial charge in [0.2, 0.25) is 0 Å². The average Bonchev–Trinajstić information content (AvgIpc) is 1.33. The molecule has 0 N–H and O–H groups in total. The summed E-state index contributed by atoms with van der Waals surface area (Å²) in [7, 11) is 0. The Balaban J connectivity index is 0. The van der Waals surface area contributed by atoms with Crippen LogP contribution in [0.2, 0.25) is 5.02 Å². The van der Waals surface area contributed by atoms with Crippen LogP contribution in [0.1, 0.15) is 20.8 Å². The molecule has 0 aliphatic rings. The molecule has 0 aromatic rings. The molecular formula is C5H12OZn. The fourth-order valence-electron chi connectivity index (χ4n) is 0. The number of hydrogen-bond acceptors (Lipinski definition) is 1. The van der Waals surface area contributed by atoms with Crippen molar-refractivity contribution in [2.75, 3.05) is 0 Å². The van der Waals surface area contributed by atoms with E-state index in [0.717, 1.165) is 0 Å². The monoisotopic (exact) mass is 152 g/mol. The van der Waals surface area contributed by atoms with Crippen LogP contribution >= 0.6 is 0 Å². The molecule has 0 fully saturated rings. The summed E-state index contributed by atoms with van der Waals surface area (Å²) in [5, 5.41) is 10.9. The van der Waals surface area contributed by atoms with Gasteiger partial charge in [-0.05, 0) is 0 Å². The molecule has 1 nitrogen and oxygen atoms in total. The molecule has 0 spiro atoms. The maximum atomic E-state index is 9.53. The van der Waals surface area contributed by atoms with Crippen molar-refractivity contribution in [2.24, 2.45) is 0 Å². The topological polar surface area (TPSA) is 23.1 Å². The van der Waals surface area contributed by atoms with E-state index in [4.69, 9.17) is 0 Å². The van der Waals surface area contributed by atoms with Gasteiger partial charge in [0.25, 0.3) is 0 Å². The van der Waals surface area contributed by atoms with E-state index in [1.54, 1.807) is 13.8 Å². The zero-order valence-electron chi connectivity index (χ0n) is 5.40. The SMILES string of the molecule is CC(C)[O-].C[CH2][Zn+]. The zero-order chi connectivity index (χ0) is 6.28. The van der Waals surface area contributed by atoms with Crippen LogP contribution in [-0.4, -0.2) is 6.10 Å². The van der Waals surface area contributed by atoms with Gasteiger partial charge in [-0.25, -0.2) is 0 Å². The van der Waals surface area contributed by atoms with Crippen molar-refractivity contribution >= 4 is 0 Å². The van der Waals surface area contributed by atoms with Gasteiger partial charge in [0, 0.05) is 0 Å². The predicted octanol–water partition coefficient (Wildman–Crippen LogP) is 0.726. The van der Waals surface area contributed by atoms with Crippen LogP contribution in [0.25, 0.3) is 0 Å². The molecule has 0 amide bonds. The molecule has 0 atom stereocenters. The van der Waals surface area contributed by atoms with E-state index >= 15 is 0 Å². The fraction of sp³-hybridized carbons (Fsp3) is 1.00. The molecule has 2 heteroatoms. The number of hydrogen-bond donors (Lipinski definition) is 0. The van der Waals surface area contributed by atoms with Crippen LogP contribution in [0.4, 0.5) is 0 Å². The van der Waals surface area contributed by atoms with Crippen molar-refractivity contribution < 1.29 is 23.4 Å². The third kappa shape index (κ3) is 406. The molecule has 0 aliphatic carbocycles. The van der Waals surface area contributed by atoms with Crippen LogP contribution in [0.3, 0.4) is 0 Å².